The van der Waals surface area contributed by atoms with Crippen LogP contribution in [0.4, 0.5) is 4.20 Å². The number of rotatable bonds is 3. The molecule has 4 heteroatoms. The maximum Gasteiger partial charge on any atom is 0.0188 e. The zero-order chi connectivity index (χ0) is 9.28. The Morgan fingerprint density at radius 1 is 0.909 bits per heavy atom. The lowest BCUT2D eigenvalue weighted by Gasteiger charge is -2.44. The molecule has 0 heterocycles. The first-order chi connectivity index (χ1) is 4.69. The first-order valence-corrected chi connectivity index (χ1v) is 12.0. The molecule has 0 rings (SSSR count). The van der Waals surface area contributed by atoms with E-state index in [-0.39, 0.29) is 8.89 Å². The summed E-state index contributed by atoms with van der Waals surface area (Å²) in [5.41, 5.74) is 0. The third-order valence-electron chi connectivity index (χ3n) is 1.74. The summed E-state index contributed by atoms with van der Waals surface area (Å²) in [4.78, 5) is 0.398. The Kier molecular flexibility index (Phi) is 3.94. The van der Waals surface area contributed by atoms with E-state index in [1.54, 1.807) is 0 Å². The van der Waals surface area contributed by atoms with Gasteiger partial charge >= 0.3 is 0 Å². The van der Waals surface area contributed by atoms with Gasteiger partial charge in [0, 0.05) is 16.1 Å². The van der Waals surface area contributed by atoms with Gasteiger partial charge in [0.05, 0.1) is 0 Å². The average molecular weight is 209 g/mol. The number of hydrogen-bond donors (Lipinski definition) is 0. The second-order valence-electron chi connectivity index (χ2n) is 5.23. The fraction of sp³-hybridized carbons (Fsp3) is 1.00. The van der Waals surface area contributed by atoms with Crippen LogP contribution in [0, 0.1) is 0 Å². The minimum atomic E-state index is -1.25. The second-order valence-corrected chi connectivity index (χ2v) is 18.1. The molecule has 0 fully saturated rings. The molecule has 0 bridgehead atoms. The molecule has 0 radical (unpaired) electrons. The van der Waals surface area contributed by atoms with Crippen molar-refractivity contribution >= 4 is 25.0 Å². The Labute approximate surface area is 73.9 Å². The van der Waals surface area contributed by atoms with Crippen molar-refractivity contribution in [2.24, 2.45) is 0 Å². The molecule has 0 aromatic heterocycles. The first kappa shape index (κ1) is 11.8. The highest BCUT2D eigenvalue weighted by atomic mass is 31.1. The van der Waals surface area contributed by atoms with Crippen molar-refractivity contribution in [1.82, 2.24) is 0 Å². The monoisotopic (exact) mass is 209 g/mol. The molecule has 68 valence electrons. The summed E-state index contributed by atoms with van der Waals surface area (Å²) >= 11 is 0. The van der Waals surface area contributed by atoms with Crippen molar-refractivity contribution in [2.75, 3.05) is 0 Å². The summed E-state index contributed by atoms with van der Waals surface area (Å²) in [7, 11) is -2.35. The Morgan fingerprint density at radius 2 is 1.18 bits per heavy atom. The smallest absolute Gasteiger partial charge is 0.0188 e. The van der Waals surface area contributed by atoms with Gasteiger partial charge in [-0.25, -0.2) is 0 Å². The van der Waals surface area contributed by atoms with Crippen molar-refractivity contribution in [3.63, 3.8) is 0 Å². The average Bonchev–Trinajstić information content (AvgIpc) is 1.56. The van der Waals surface area contributed by atoms with E-state index < -0.39 is 16.1 Å². The molecule has 0 aliphatic heterocycles. The summed E-state index contributed by atoms with van der Waals surface area (Å²) < 4.78 is 12.7. The van der Waals surface area contributed by atoms with Crippen LogP contribution in [0.3, 0.4) is 0 Å². The van der Waals surface area contributed by atoms with Crippen LogP contribution in [-0.4, -0.2) is 21.1 Å². The molecule has 0 aliphatic carbocycles. The highest BCUT2D eigenvalue weighted by molar-refractivity contribution is 7.44. The molecular weight excluding hydrogens is 190 g/mol. The van der Waals surface area contributed by atoms with Crippen molar-refractivity contribution in [2.45, 2.75) is 44.2 Å². The van der Waals surface area contributed by atoms with Gasteiger partial charge in [0.25, 0.3) is 0 Å². The van der Waals surface area contributed by atoms with E-state index in [1.165, 1.54) is 0 Å². The van der Waals surface area contributed by atoms with Gasteiger partial charge in [-0.1, -0.05) is 39.3 Å². The second kappa shape index (κ2) is 3.67. The summed E-state index contributed by atoms with van der Waals surface area (Å²) in [5.74, 6) is 0. The van der Waals surface area contributed by atoms with E-state index in [0.717, 1.165) is 0 Å². The molecule has 0 aromatic carbocycles. The predicted molar refractivity (Wildman–Crippen MR) is 58.5 cm³/mol. The van der Waals surface area contributed by atoms with Crippen LogP contribution in [0.15, 0.2) is 0 Å². The fourth-order valence-electron chi connectivity index (χ4n) is 1.59. The van der Waals surface area contributed by atoms with Gasteiger partial charge in [-0.3, -0.25) is 0 Å². The zero-order valence-corrected chi connectivity index (χ0v) is 11.3. The van der Waals surface area contributed by atoms with Crippen LogP contribution in [0.1, 0.15) is 0 Å². The lowest BCUT2D eigenvalue weighted by molar-refractivity contribution is 0.915. The molecule has 0 aliphatic rings. The van der Waals surface area contributed by atoms with Gasteiger partial charge in [-0.2, -0.15) is 0 Å². The van der Waals surface area contributed by atoms with Crippen molar-refractivity contribution < 1.29 is 4.20 Å². The summed E-state index contributed by atoms with van der Waals surface area (Å²) in [5, 5.41) is 0. The standard InChI is InChI=1S/C7H19FPSi2/c1-10(2,3)7(9-8)11(4,5)6/h7H,1-6H3/q-1. The Balaban J connectivity index is 4.43. The van der Waals surface area contributed by atoms with Crippen molar-refractivity contribution in [1.29, 1.82) is 0 Å². The Hall–Kier alpha value is 0.794. The highest BCUT2D eigenvalue weighted by Crippen LogP contribution is 2.35. The van der Waals surface area contributed by atoms with E-state index in [9.17, 15) is 4.20 Å². The lowest BCUT2D eigenvalue weighted by atomic mass is 11.7. The molecule has 0 saturated heterocycles. The van der Waals surface area contributed by atoms with Gasteiger partial charge in [0.15, 0.2) is 0 Å². The van der Waals surface area contributed by atoms with E-state index in [1.807, 2.05) is 0 Å². The Morgan fingerprint density at radius 3 is 1.18 bits per heavy atom. The van der Waals surface area contributed by atoms with Gasteiger partial charge < -0.3 is 13.1 Å². The van der Waals surface area contributed by atoms with Crippen molar-refractivity contribution in [3.05, 3.63) is 0 Å². The molecular formula is C7H19FPSi2-. The van der Waals surface area contributed by atoms with Crippen LogP contribution in [0.5, 0.6) is 0 Å². The molecule has 11 heavy (non-hydrogen) atoms. The molecule has 0 amide bonds. The maximum atomic E-state index is 12.7. The largest absolute Gasteiger partial charge is 0.467 e. The van der Waals surface area contributed by atoms with Gasteiger partial charge in [-0.15, -0.1) is 4.91 Å². The van der Waals surface area contributed by atoms with Crippen LogP contribution < -0.4 is 0 Å². The van der Waals surface area contributed by atoms with Gasteiger partial charge in [0.2, 0.25) is 0 Å². The number of halogens is 1. The van der Waals surface area contributed by atoms with Crippen molar-refractivity contribution in [3.8, 4) is 0 Å². The van der Waals surface area contributed by atoms with Crippen LogP contribution in [-0.2, 0) is 0 Å². The fourth-order valence-corrected chi connectivity index (χ4v) is 14.3. The lowest BCUT2D eigenvalue weighted by Crippen LogP contribution is -2.50. The van der Waals surface area contributed by atoms with Gasteiger partial charge in [-0.05, 0) is 0 Å². The minimum absolute atomic E-state index is 0.141. The zero-order valence-electron chi connectivity index (χ0n) is 8.40. The summed E-state index contributed by atoms with van der Waals surface area (Å²) in [6, 6.07) is 0. The highest BCUT2D eigenvalue weighted by Gasteiger charge is 2.30. The molecule has 0 atom stereocenters. The summed E-state index contributed by atoms with van der Waals surface area (Å²) in [6.45, 7) is 13.6. The molecule has 0 unspecified atom stereocenters. The third-order valence-corrected chi connectivity index (χ3v) is 15.6. The predicted octanol–water partition coefficient (Wildman–Crippen LogP) is 3.94. The normalized spacial score (nSPS) is 15.3. The number of hydrogen-bond acceptors (Lipinski definition) is 0. The summed E-state index contributed by atoms with van der Waals surface area (Å²) in [6.07, 6.45) is 0. The molecule has 0 N–H and O–H groups in total. The minimum Gasteiger partial charge on any atom is -0.467 e. The molecule has 0 spiro atoms. The molecule has 0 aromatic rings. The van der Waals surface area contributed by atoms with E-state index in [2.05, 4.69) is 39.3 Å². The van der Waals surface area contributed by atoms with Gasteiger partial charge in [0.1, 0.15) is 0 Å². The molecule has 0 saturated carbocycles. The van der Waals surface area contributed by atoms with E-state index >= 15 is 0 Å². The van der Waals surface area contributed by atoms with Crippen LogP contribution >= 0.6 is 8.89 Å². The SMILES string of the molecule is C[Si](C)(C)C([P-]F)[Si](C)(C)C. The topological polar surface area (TPSA) is 0 Å². The molecule has 0 nitrogen and oxygen atoms in total. The van der Waals surface area contributed by atoms with Crippen LogP contribution in [0.2, 0.25) is 39.3 Å². The van der Waals surface area contributed by atoms with E-state index in [4.69, 9.17) is 0 Å². The quantitative estimate of drug-likeness (QED) is 0.488. The first-order valence-electron chi connectivity index (χ1n) is 4.00. The van der Waals surface area contributed by atoms with E-state index in [0.29, 0.717) is 4.91 Å². The maximum absolute atomic E-state index is 12.7. The Bertz CT molecular complexity index is 111. The third kappa shape index (κ3) is 3.81. The van der Waals surface area contributed by atoms with Crippen LogP contribution in [0.25, 0.3) is 0 Å².